The molecule has 0 aliphatic heterocycles. The molecule has 2 aromatic carbocycles. The Kier molecular flexibility index (Phi) is 11.9. The fourth-order valence-electron chi connectivity index (χ4n) is 0.841. The van der Waals surface area contributed by atoms with Gasteiger partial charge in [0.1, 0.15) is 0 Å². The Morgan fingerprint density at radius 1 is 0.647 bits per heavy atom. The summed E-state index contributed by atoms with van der Waals surface area (Å²) in [7, 11) is 0. The maximum atomic E-state index is 4.81. The van der Waals surface area contributed by atoms with Crippen molar-refractivity contribution in [2.75, 3.05) is 0 Å². The van der Waals surface area contributed by atoms with Gasteiger partial charge in [-0.15, -0.1) is 0 Å². The molecule has 2 rings (SSSR count). The molecule has 0 N–H and O–H groups in total. The average Bonchev–Trinajstić information content (AvgIpc) is 2.33. The molecule has 0 aliphatic carbocycles. The van der Waals surface area contributed by atoms with Gasteiger partial charge in [-0.25, -0.2) is 0 Å². The first kappa shape index (κ1) is 16.7. The van der Waals surface area contributed by atoms with Crippen molar-refractivity contribution in [2.45, 2.75) is 19.7 Å². The van der Waals surface area contributed by atoms with Crippen LogP contribution in [0.15, 0.2) is 70.5 Å². The van der Waals surface area contributed by atoms with Gasteiger partial charge in [0.25, 0.3) is 0 Å². The van der Waals surface area contributed by atoms with E-state index in [-0.39, 0.29) is 21.1 Å². The van der Waals surface area contributed by atoms with E-state index >= 15 is 0 Å². The number of benzene rings is 2. The molecule has 88 valence electrons. The van der Waals surface area contributed by atoms with Crippen LogP contribution in [0.1, 0.15) is 0 Å². The van der Waals surface area contributed by atoms with Crippen LogP contribution in [0.5, 0.6) is 0 Å². The Hall–Kier alpha value is -0.321. The van der Waals surface area contributed by atoms with Crippen molar-refractivity contribution >= 4 is 46.4 Å². The predicted octanol–water partition coefficient (Wildman–Crippen LogP) is 3.97. The van der Waals surface area contributed by atoms with E-state index in [4.69, 9.17) is 25.3 Å². The minimum atomic E-state index is 0.230. The van der Waals surface area contributed by atoms with Crippen LogP contribution in [0.3, 0.4) is 0 Å². The Morgan fingerprint density at radius 2 is 0.882 bits per heavy atom. The Bertz CT molecular complexity index is 325. The molecule has 0 bridgehead atoms. The largest absolute Gasteiger partial charge is 0.780 e. The predicted molar refractivity (Wildman–Crippen MR) is 81.6 cm³/mol. The fraction of sp³-hybridized carbons (Fsp3) is 0.143. The van der Waals surface area contributed by atoms with E-state index in [1.807, 2.05) is 60.7 Å². The minimum Gasteiger partial charge on any atom is -0.780 e. The summed E-state index contributed by atoms with van der Waals surface area (Å²) in [6, 6.07) is 19.2. The maximum Gasteiger partial charge on any atom is -0.0624 e. The number of rotatable bonds is 0. The molecule has 0 saturated carbocycles. The summed E-state index contributed by atoms with van der Waals surface area (Å²) in [5.41, 5.74) is 0. The first-order chi connectivity index (χ1) is 8.20. The van der Waals surface area contributed by atoms with E-state index in [2.05, 4.69) is 9.88 Å². The molecule has 0 amide bonds. The van der Waals surface area contributed by atoms with Gasteiger partial charge in [0.2, 0.25) is 0 Å². The standard InChI is InChI=1S/2C6H6S.2CH3.Sn/c2*7-6-4-2-1-3-5-6;;;/h2*1-5,7H;2*1H3;/q;;;;+2/p-2. The average molecular weight is 367 g/mol. The Labute approximate surface area is 126 Å². The second-order valence-corrected chi connectivity index (χ2v) is 6.92. The summed E-state index contributed by atoms with van der Waals surface area (Å²) < 4.78 is 0. The zero-order chi connectivity index (χ0) is 12.9. The van der Waals surface area contributed by atoms with Crippen LogP contribution in [0.2, 0.25) is 9.88 Å². The SMILES string of the molecule is [CH3][Sn+2][CH3].[S-]c1ccccc1.[S-]c1ccccc1. The van der Waals surface area contributed by atoms with E-state index in [0.29, 0.717) is 0 Å². The molecule has 0 radical (unpaired) electrons. The summed E-state index contributed by atoms with van der Waals surface area (Å²) in [5, 5.41) is 0. The third-order valence-electron chi connectivity index (χ3n) is 1.49. The molecule has 0 spiro atoms. The Balaban J connectivity index is 0.000000247. The molecule has 0 aromatic heterocycles. The topological polar surface area (TPSA) is 0 Å². The molecule has 0 atom stereocenters. The molecule has 0 fully saturated rings. The van der Waals surface area contributed by atoms with Gasteiger partial charge in [-0.05, 0) is 0 Å². The second kappa shape index (κ2) is 12.1. The van der Waals surface area contributed by atoms with Crippen LogP contribution in [0, 0.1) is 0 Å². The van der Waals surface area contributed by atoms with E-state index in [0.717, 1.165) is 9.79 Å². The first-order valence-corrected chi connectivity index (χ1v) is 11.8. The summed E-state index contributed by atoms with van der Waals surface area (Å²) >= 11 is 9.85. The normalized spacial score (nSPS) is 7.65. The Morgan fingerprint density at radius 3 is 1.00 bits per heavy atom. The molecule has 0 nitrogen and oxygen atoms in total. The molecule has 2 aromatic rings. The van der Waals surface area contributed by atoms with Crippen LogP contribution in [-0.2, 0) is 25.3 Å². The monoisotopic (exact) mass is 368 g/mol. The van der Waals surface area contributed by atoms with E-state index < -0.39 is 0 Å². The second-order valence-electron chi connectivity index (χ2n) is 3.13. The quantitative estimate of drug-likeness (QED) is 0.511. The van der Waals surface area contributed by atoms with Crippen LogP contribution < -0.4 is 0 Å². The summed E-state index contributed by atoms with van der Waals surface area (Å²) in [6.07, 6.45) is 0. The zero-order valence-corrected chi connectivity index (χ0v) is 14.6. The number of hydrogen-bond donors (Lipinski definition) is 0. The van der Waals surface area contributed by atoms with Gasteiger partial charge >= 0.3 is 31.0 Å². The van der Waals surface area contributed by atoms with Crippen LogP contribution >= 0.6 is 0 Å². The van der Waals surface area contributed by atoms with Gasteiger partial charge in [-0.1, -0.05) is 60.7 Å². The molecular formula is C14H16S2Sn. The summed E-state index contributed by atoms with van der Waals surface area (Å²) in [6.45, 7) is 0. The van der Waals surface area contributed by atoms with Crippen LogP contribution in [-0.4, -0.2) is 21.1 Å². The smallest absolute Gasteiger partial charge is 0.0624 e. The van der Waals surface area contributed by atoms with Crippen molar-refractivity contribution in [3.05, 3.63) is 60.7 Å². The van der Waals surface area contributed by atoms with Crippen molar-refractivity contribution in [1.29, 1.82) is 0 Å². The molecule has 0 saturated heterocycles. The van der Waals surface area contributed by atoms with Crippen molar-refractivity contribution in [3.8, 4) is 0 Å². The molecule has 0 heterocycles. The number of hydrogen-bond acceptors (Lipinski definition) is 2. The summed E-state index contributed by atoms with van der Waals surface area (Å²) in [5.74, 6) is 0. The third kappa shape index (κ3) is 11.9. The van der Waals surface area contributed by atoms with Gasteiger partial charge in [-0.2, -0.15) is 9.79 Å². The van der Waals surface area contributed by atoms with E-state index in [1.165, 1.54) is 0 Å². The van der Waals surface area contributed by atoms with Gasteiger partial charge in [-0.3, -0.25) is 0 Å². The van der Waals surface area contributed by atoms with Crippen molar-refractivity contribution < 1.29 is 0 Å². The zero-order valence-electron chi connectivity index (χ0n) is 10.1. The van der Waals surface area contributed by atoms with Crippen molar-refractivity contribution in [3.63, 3.8) is 0 Å². The molecule has 0 aliphatic rings. The van der Waals surface area contributed by atoms with Crippen LogP contribution in [0.25, 0.3) is 0 Å². The molecule has 17 heavy (non-hydrogen) atoms. The van der Waals surface area contributed by atoms with Crippen molar-refractivity contribution in [1.82, 2.24) is 0 Å². The first-order valence-electron chi connectivity index (χ1n) is 5.23. The van der Waals surface area contributed by atoms with Gasteiger partial charge in [0.15, 0.2) is 0 Å². The fourth-order valence-corrected chi connectivity index (χ4v) is 1.16. The van der Waals surface area contributed by atoms with Gasteiger partial charge in [0.05, 0.1) is 0 Å². The van der Waals surface area contributed by atoms with Gasteiger partial charge in [0, 0.05) is 0 Å². The van der Waals surface area contributed by atoms with E-state index in [9.17, 15) is 0 Å². The molecule has 3 heteroatoms. The van der Waals surface area contributed by atoms with Crippen LogP contribution in [0.4, 0.5) is 0 Å². The third-order valence-corrected chi connectivity index (χ3v) is 2.03. The molecular weight excluding hydrogens is 351 g/mol. The molecule has 0 unspecified atom stereocenters. The van der Waals surface area contributed by atoms with Crippen molar-refractivity contribution in [2.24, 2.45) is 0 Å². The maximum absolute atomic E-state index is 4.81. The van der Waals surface area contributed by atoms with E-state index in [1.54, 1.807) is 0 Å². The van der Waals surface area contributed by atoms with Gasteiger partial charge < -0.3 is 25.3 Å². The minimum absolute atomic E-state index is 0.230. The summed E-state index contributed by atoms with van der Waals surface area (Å²) in [4.78, 5) is 6.40.